The van der Waals surface area contributed by atoms with Crippen molar-refractivity contribution in [2.75, 3.05) is 6.61 Å². The molecule has 0 fully saturated rings. The molecular weight excluding hydrogens is 248 g/mol. The van der Waals surface area contributed by atoms with Gasteiger partial charge in [0.05, 0.1) is 0 Å². The number of hydrogen-bond donors (Lipinski definition) is 0. The van der Waals surface area contributed by atoms with Crippen LogP contribution in [0.2, 0.25) is 0 Å². The first-order valence-electron chi connectivity index (χ1n) is 4.24. The lowest BCUT2D eigenvalue weighted by molar-refractivity contribution is 0.127. The first-order valence-corrected chi connectivity index (χ1v) is 5.04. The van der Waals surface area contributed by atoms with Gasteiger partial charge in [0.15, 0.2) is 16.1 Å². The molecule has 74 valence electrons. The summed E-state index contributed by atoms with van der Waals surface area (Å²) in [7, 11) is 0. The summed E-state index contributed by atoms with van der Waals surface area (Å²) in [5, 5.41) is 8.01. The largest absolute Gasteiger partial charge is 0.374 e. The van der Waals surface area contributed by atoms with Crippen molar-refractivity contribution in [2.45, 2.75) is 13.5 Å². The summed E-state index contributed by atoms with van der Waals surface area (Å²) >= 11 is 3.30. The first kappa shape index (κ1) is 9.54. The summed E-state index contributed by atoms with van der Waals surface area (Å²) in [6.45, 7) is 3.08. The molecule has 0 N–H and O–H groups in total. The molecule has 0 radical (unpaired) electrons. The second-order valence-corrected chi connectivity index (χ2v) is 3.42. The second kappa shape index (κ2) is 4.02. The highest BCUT2D eigenvalue weighted by atomic mass is 79.9. The molecule has 0 aliphatic carbocycles. The Hall–Kier alpha value is -1.01. The van der Waals surface area contributed by atoms with Crippen molar-refractivity contribution in [2.24, 2.45) is 0 Å². The third kappa shape index (κ3) is 1.62. The van der Waals surface area contributed by atoms with Gasteiger partial charge < -0.3 is 4.74 Å². The Morgan fingerprint density at radius 1 is 1.50 bits per heavy atom. The summed E-state index contributed by atoms with van der Waals surface area (Å²) in [6.07, 6.45) is 3.50. The van der Waals surface area contributed by atoms with Gasteiger partial charge in [-0.1, -0.05) is 0 Å². The van der Waals surface area contributed by atoms with E-state index in [9.17, 15) is 0 Å². The maximum absolute atomic E-state index is 5.27. The molecule has 0 saturated carbocycles. The van der Waals surface area contributed by atoms with Crippen LogP contribution in [0.15, 0.2) is 17.0 Å². The van der Waals surface area contributed by atoms with Gasteiger partial charge in [-0.3, -0.25) is 4.40 Å². The summed E-state index contributed by atoms with van der Waals surface area (Å²) in [4.78, 5) is 4.05. The second-order valence-electron chi connectivity index (χ2n) is 2.67. The Bertz CT molecular complexity index is 442. The molecular formula is C8H9BrN4O. The minimum atomic E-state index is 0.466. The summed E-state index contributed by atoms with van der Waals surface area (Å²) in [5.41, 5.74) is 0.710. The Morgan fingerprint density at radius 3 is 3.14 bits per heavy atom. The van der Waals surface area contributed by atoms with E-state index in [0.29, 0.717) is 23.5 Å². The van der Waals surface area contributed by atoms with E-state index in [1.165, 1.54) is 0 Å². The van der Waals surface area contributed by atoms with E-state index in [4.69, 9.17) is 4.74 Å². The molecule has 2 aromatic rings. The molecule has 5 nitrogen and oxygen atoms in total. The standard InChI is InChI=1S/C8H9BrN4O/c1-2-14-5-6-11-12-8-7(9)10-3-4-13(6)8/h3-4H,2,5H2,1H3. The van der Waals surface area contributed by atoms with E-state index in [0.717, 1.165) is 5.82 Å². The van der Waals surface area contributed by atoms with Gasteiger partial charge in [-0.25, -0.2) is 4.98 Å². The third-order valence-corrected chi connectivity index (χ3v) is 2.35. The highest BCUT2D eigenvalue weighted by Crippen LogP contribution is 2.13. The Morgan fingerprint density at radius 2 is 2.36 bits per heavy atom. The van der Waals surface area contributed by atoms with Crippen LogP contribution in [0, 0.1) is 0 Å². The maximum atomic E-state index is 5.27. The number of rotatable bonds is 3. The zero-order valence-electron chi connectivity index (χ0n) is 7.64. The van der Waals surface area contributed by atoms with Crippen molar-refractivity contribution < 1.29 is 4.74 Å². The molecule has 0 aliphatic rings. The van der Waals surface area contributed by atoms with E-state index >= 15 is 0 Å². The molecule has 2 rings (SSSR count). The van der Waals surface area contributed by atoms with Crippen LogP contribution in [0.5, 0.6) is 0 Å². The highest BCUT2D eigenvalue weighted by Gasteiger charge is 2.07. The van der Waals surface area contributed by atoms with Gasteiger partial charge in [0.2, 0.25) is 0 Å². The summed E-state index contributed by atoms with van der Waals surface area (Å²) < 4.78 is 7.81. The molecule has 0 bridgehead atoms. The van der Waals surface area contributed by atoms with Gasteiger partial charge in [0, 0.05) is 19.0 Å². The highest BCUT2D eigenvalue weighted by molar-refractivity contribution is 9.10. The monoisotopic (exact) mass is 256 g/mol. The van der Waals surface area contributed by atoms with Crippen molar-refractivity contribution in [3.8, 4) is 0 Å². The van der Waals surface area contributed by atoms with E-state index < -0.39 is 0 Å². The van der Waals surface area contributed by atoms with Crippen LogP contribution in [0.25, 0.3) is 5.65 Å². The third-order valence-electron chi connectivity index (χ3n) is 1.79. The van der Waals surface area contributed by atoms with Gasteiger partial charge in [0.1, 0.15) is 6.61 Å². The zero-order chi connectivity index (χ0) is 9.97. The van der Waals surface area contributed by atoms with Crippen LogP contribution in [-0.2, 0) is 11.3 Å². The van der Waals surface area contributed by atoms with Crippen molar-refractivity contribution >= 4 is 21.6 Å². The van der Waals surface area contributed by atoms with Crippen molar-refractivity contribution in [1.82, 2.24) is 19.6 Å². The minimum Gasteiger partial charge on any atom is -0.374 e. The Balaban J connectivity index is 2.42. The van der Waals surface area contributed by atoms with E-state index in [1.54, 1.807) is 6.20 Å². The van der Waals surface area contributed by atoms with Crippen molar-refractivity contribution in [1.29, 1.82) is 0 Å². The van der Waals surface area contributed by atoms with Gasteiger partial charge >= 0.3 is 0 Å². The zero-order valence-corrected chi connectivity index (χ0v) is 9.23. The molecule has 2 aromatic heterocycles. The van der Waals surface area contributed by atoms with Crippen LogP contribution in [0.4, 0.5) is 0 Å². The Labute approximate surface area is 89.3 Å². The number of aromatic nitrogens is 4. The summed E-state index contributed by atoms with van der Waals surface area (Å²) in [6, 6.07) is 0. The van der Waals surface area contributed by atoms with Crippen LogP contribution in [0.3, 0.4) is 0 Å². The number of nitrogens with zero attached hydrogens (tertiary/aromatic N) is 4. The lowest BCUT2D eigenvalue weighted by Crippen LogP contribution is -1.98. The molecule has 0 unspecified atom stereocenters. The van der Waals surface area contributed by atoms with E-state index in [-0.39, 0.29) is 0 Å². The average molecular weight is 257 g/mol. The number of ether oxygens (including phenoxy) is 1. The predicted molar refractivity (Wildman–Crippen MR) is 53.8 cm³/mol. The van der Waals surface area contributed by atoms with Crippen LogP contribution >= 0.6 is 15.9 Å². The van der Waals surface area contributed by atoms with Crippen LogP contribution in [-0.4, -0.2) is 26.2 Å². The molecule has 2 heterocycles. The van der Waals surface area contributed by atoms with Crippen molar-refractivity contribution in [3.63, 3.8) is 0 Å². The van der Waals surface area contributed by atoms with Crippen LogP contribution in [0.1, 0.15) is 12.7 Å². The summed E-state index contributed by atoms with van der Waals surface area (Å²) in [5.74, 6) is 0.782. The maximum Gasteiger partial charge on any atom is 0.194 e. The molecule has 0 aliphatic heterocycles. The number of fused-ring (bicyclic) bond motifs is 1. The fraction of sp³-hybridized carbons (Fsp3) is 0.375. The molecule has 6 heteroatoms. The molecule has 0 saturated heterocycles. The Kier molecular flexibility index (Phi) is 2.74. The fourth-order valence-electron chi connectivity index (χ4n) is 1.14. The smallest absolute Gasteiger partial charge is 0.194 e. The van der Waals surface area contributed by atoms with Gasteiger partial charge in [-0.15, -0.1) is 10.2 Å². The first-order chi connectivity index (χ1) is 6.83. The van der Waals surface area contributed by atoms with Crippen LogP contribution < -0.4 is 0 Å². The quantitative estimate of drug-likeness (QED) is 0.834. The van der Waals surface area contributed by atoms with Gasteiger partial charge in [0.25, 0.3) is 0 Å². The fourth-order valence-corrected chi connectivity index (χ4v) is 1.52. The normalized spacial score (nSPS) is 11.0. The molecule has 0 aromatic carbocycles. The minimum absolute atomic E-state index is 0.466. The molecule has 0 atom stereocenters. The number of hydrogen-bond acceptors (Lipinski definition) is 4. The SMILES string of the molecule is CCOCc1nnc2c(Br)nccn12. The lowest BCUT2D eigenvalue weighted by atomic mass is 10.6. The molecule has 0 spiro atoms. The van der Waals surface area contributed by atoms with E-state index in [2.05, 4.69) is 31.1 Å². The topological polar surface area (TPSA) is 52.3 Å². The molecule has 0 amide bonds. The van der Waals surface area contributed by atoms with Gasteiger partial charge in [-0.05, 0) is 22.9 Å². The van der Waals surface area contributed by atoms with E-state index in [1.807, 2.05) is 17.5 Å². The van der Waals surface area contributed by atoms with Gasteiger partial charge in [-0.2, -0.15) is 0 Å². The molecule has 14 heavy (non-hydrogen) atoms. The van der Waals surface area contributed by atoms with Crippen molar-refractivity contribution in [3.05, 3.63) is 22.8 Å². The predicted octanol–water partition coefficient (Wildman–Crippen LogP) is 1.42. The number of halogens is 1. The lowest BCUT2D eigenvalue weighted by Gasteiger charge is -1.99. The average Bonchev–Trinajstić information content (AvgIpc) is 2.60.